The smallest absolute Gasteiger partial charge is 0.253 e. The predicted molar refractivity (Wildman–Crippen MR) is 73.8 cm³/mol. The van der Waals surface area contributed by atoms with E-state index < -0.39 is 0 Å². The van der Waals surface area contributed by atoms with E-state index in [9.17, 15) is 4.79 Å². The Morgan fingerprint density at radius 1 is 1.33 bits per heavy atom. The van der Waals surface area contributed by atoms with Crippen LogP contribution in [0, 0.1) is 0 Å². The average molecular weight is 251 g/mol. The normalized spacial score (nSPS) is 10.2. The number of nitrogens with zero attached hydrogens (tertiary/aromatic N) is 2. The highest BCUT2D eigenvalue weighted by Crippen LogP contribution is 2.24. The van der Waals surface area contributed by atoms with Crippen LogP contribution in [0.15, 0.2) is 18.2 Å². The van der Waals surface area contributed by atoms with Crippen molar-refractivity contribution in [1.29, 1.82) is 0 Å². The Kier molecular flexibility index (Phi) is 4.97. The van der Waals surface area contributed by atoms with Crippen LogP contribution in [0.3, 0.4) is 0 Å². The maximum Gasteiger partial charge on any atom is 0.253 e. The zero-order valence-electron chi connectivity index (χ0n) is 11.2. The summed E-state index contributed by atoms with van der Waals surface area (Å²) < 4.78 is 0. The molecule has 5 heteroatoms. The lowest BCUT2D eigenvalue weighted by Gasteiger charge is -2.22. The highest BCUT2D eigenvalue weighted by atomic mass is 16.3. The summed E-state index contributed by atoms with van der Waals surface area (Å²) in [6.45, 7) is 0.834. The van der Waals surface area contributed by atoms with E-state index in [-0.39, 0.29) is 12.5 Å². The molecule has 0 aliphatic heterocycles. The molecule has 0 aromatic heterocycles. The zero-order chi connectivity index (χ0) is 13.7. The summed E-state index contributed by atoms with van der Waals surface area (Å²) in [5, 5.41) is 8.83. The first kappa shape index (κ1) is 14.3. The van der Waals surface area contributed by atoms with E-state index >= 15 is 0 Å². The second-order valence-corrected chi connectivity index (χ2v) is 4.47. The third-order valence-electron chi connectivity index (χ3n) is 2.75. The van der Waals surface area contributed by atoms with Gasteiger partial charge in [-0.1, -0.05) is 0 Å². The van der Waals surface area contributed by atoms with E-state index in [1.165, 1.54) is 4.90 Å². The number of nitrogen functional groups attached to an aromatic ring is 1. The van der Waals surface area contributed by atoms with Crippen molar-refractivity contribution in [3.05, 3.63) is 23.8 Å². The highest BCUT2D eigenvalue weighted by molar-refractivity contribution is 5.96. The first-order valence-electron chi connectivity index (χ1n) is 5.90. The number of carbonyl (C=O) groups is 1. The largest absolute Gasteiger partial charge is 0.397 e. The Morgan fingerprint density at radius 3 is 2.56 bits per heavy atom. The summed E-state index contributed by atoms with van der Waals surface area (Å²) in [6, 6.07) is 5.25. The Balaban J connectivity index is 2.97. The van der Waals surface area contributed by atoms with Crippen LogP contribution < -0.4 is 10.6 Å². The third kappa shape index (κ3) is 3.37. The Bertz CT molecular complexity index is 419. The van der Waals surface area contributed by atoms with E-state index in [1.54, 1.807) is 32.3 Å². The van der Waals surface area contributed by atoms with Crippen LogP contribution in [0.4, 0.5) is 11.4 Å². The number of amides is 1. The molecule has 1 amide bonds. The number of hydrogen-bond donors (Lipinski definition) is 2. The molecule has 5 nitrogen and oxygen atoms in total. The van der Waals surface area contributed by atoms with Gasteiger partial charge in [-0.2, -0.15) is 0 Å². The first-order chi connectivity index (χ1) is 8.47. The number of aliphatic hydroxyl groups is 1. The van der Waals surface area contributed by atoms with Crippen LogP contribution in [0.5, 0.6) is 0 Å². The summed E-state index contributed by atoms with van der Waals surface area (Å²) in [5.41, 5.74) is 7.97. The van der Waals surface area contributed by atoms with Crippen molar-refractivity contribution >= 4 is 17.3 Å². The van der Waals surface area contributed by atoms with Gasteiger partial charge in [-0.3, -0.25) is 4.79 Å². The third-order valence-corrected chi connectivity index (χ3v) is 2.75. The van der Waals surface area contributed by atoms with Gasteiger partial charge in [0, 0.05) is 39.9 Å². The standard InChI is InChI=1S/C13H21N3O2/c1-15(2)13(18)10-5-6-11(14)12(9-10)16(3)7-4-8-17/h5-6,9,17H,4,7-8,14H2,1-3H3. The molecule has 0 aliphatic rings. The molecule has 18 heavy (non-hydrogen) atoms. The second-order valence-electron chi connectivity index (χ2n) is 4.47. The van der Waals surface area contributed by atoms with Crippen LogP contribution in [-0.4, -0.2) is 50.2 Å². The molecule has 0 saturated heterocycles. The Labute approximate surface area is 108 Å². The lowest BCUT2D eigenvalue weighted by molar-refractivity contribution is 0.0827. The minimum absolute atomic E-state index is 0.0493. The molecular weight excluding hydrogens is 230 g/mol. The Morgan fingerprint density at radius 2 is 2.00 bits per heavy atom. The fraction of sp³-hybridized carbons (Fsp3) is 0.462. The number of rotatable bonds is 5. The van der Waals surface area contributed by atoms with Gasteiger partial charge in [0.05, 0.1) is 11.4 Å². The van der Waals surface area contributed by atoms with Crippen molar-refractivity contribution in [3.63, 3.8) is 0 Å². The molecular formula is C13H21N3O2. The number of carbonyl (C=O) groups excluding carboxylic acids is 1. The lowest BCUT2D eigenvalue weighted by atomic mass is 10.1. The average Bonchev–Trinajstić information content (AvgIpc) is 2.35. The number of hydrogen-bond acceptors (Lipinski definition) is 4. The molecule has 1 aromatic rings. The summed E-state index contributed by atoms with van der Waals surface area (Å²) in [6.07, 6.45) is 0.668. The molecule has 0 saturated carbocycles. The quantitative estimate of drug-likeness (QED) is 0.759. The molecule has 100 valence electrons. The number of aliphatic hydroxyl groups excluding tert-OH is 1. The number of nitrogens with two attached hydrogens (primary N) is 1. The van der Waals surface area contributed by atoms with Crippen molar-refractivity contribution in [2.24, 2.45) is 0 Å². The summed E-state index contributed by atoms with van der Waals surface area (Å²) in [7, 11) is 5.33. The molecule has 0 fully saturated rings. The minimum Gasteiger partial charge on any atom is -0.397 e. The molecule has 0 aliphatic carbocycles. The molecule has 1 aromatic carbocycles. The molecule has 0 spiro atoms. The van der Waals surface area contributed by atoms with Crippen molar-refractivity contribution in [3.8, 4) is 0 Å². The summed E-state index contributed by atoms with van der Waals surface area (Å²) in [4.78, 5) is 15.3. The van der Waals surface area contributed by atoms with Gasteiger partial charge >= 0.3 is 0 Å². The molecule has 0 unspecified atom stereocenters. The van der Waals surface area contributed by atoms with Gasteiger partial charge in [0.15, 0.2) is 0 Å². The second kappa shape index (κ2) is 6.26. The van der Waals surface area contributed by atoms with Crippen molar-refractivity contribution in [2.45, 2.75) is 6.42 Å². The first-order valence-corrected chi connectivity index (χ1v) is 5.90. The predicted octanol–water partition coefficient (Wildman–Crippen LogP) is 0.789. The molecule has 0 atom stereocenters. The van der Waals surface area contributed by atoms with Gasteiger partial charge in [0.25, 0.3) is 5.91 Å². The van der Waals surface area contributed by atoms with Crippen LogP contribution in [0.25, 0.3) is 0 Å². The summed E-state index contributed by atoms with van der Waals surface area (Å²) >= 11 is 0. The van der Waals surface area contributed by atoms with E-state index in [4.69, 9.17) is 10.8 Å². The topological polar surface area (TPSA) is 69.8 Å². The van der Waals surface area contributed by atoms with Crippen LogP contribution in [0.2, 0.25) is 0 Å². The van der Waals surface area contributed by atoms with Crippen molar-refractivity contribution < 1.29 is 9.90 Å². The van der Waals surface area contributed by atoms with E-state index in [1.807, 2.05) is 11.9 Å². The van der Waals surface area contributed by atoms with Gasteiger partial charge in [0.1, 0.15) is 0 Å². The molecule has 1 rings (SSSR count). The van der Waals surface area contributed by atoms with Crippen LogP contribution in [-0.2, 0) is 0 Å². The van der Waals surface area contributed by atoms with Crippen molar-refractivity contribution in [2.75, 3.05) is 44.9 Å². The number of anilines is 2. The van der Waals surface area contributed by atoms with Gasteiger partial charge in [-0.15, -0.1) is 0 Å². The fourth-order valence-electron chi connectivity index (χ4n) is 1.69. The van der Waals surface area contributed by atoms with Gasteiger partial charge in [0.2, 0.25) is 0 Å². The zero-order valence-corrected chi connectivity index (χ0v) is 11.2. The highest BCUT2D eigenvalue weighted by Gasteiger charge is 2.12. The van der Waals surface area contributed by atoms with Crippen LogP contribution in [0.1, 0.15) is 16.8 Å². The summed E-state index contributed by atoms with van der Waals surface area (Å²) in [5.74, 6) is -0.0493. The molecule has 0 heterocycles. The minimum atomic E-state index is -0.0493. The monoisotopic (exact) mass is 251 g/mol. The van der Waals surface area contributed by atoms with E-state index in [2.05, 4.69) is 0 Å². The Hall–Kier alpha value is -1.75. The van der Waals surface area contributed by atoms with Gasteiger partial charge in [-0.05, 0) is 24.6 Å². The van der Waals surface area contributed by atoms with Crippen LogP contribution >= 0.6 is 0 Å². The van der Waals surface area contributed by atoms with Gasteiger partial charge in [-0.25, -0.2) is 0 Å². The molecule has 0 radical (unpaired) electrons. The van der Waals surface area contributed by atoms with Gasteiger partial charge < -0.3 is 20.6 Å². The fourth-order valence-corrected chi connectivity index (χ4v) is 1.69. The SMILES string of the molecule is CN(C)C(=O)c1ccc(N)c(N(C)CCCO)c1. The maximum absolute atomic E-state index is 11.9. The van der Waals surface area contributed by atoms with E-state index in [0.717, 1.165) is 5.69 Å². The lowest BCUT2D eigenvalue weighted by Crippen LogP contribution is -2.24. The molecule has 3 N–H and O–H groups in total. The van der Waals surface area contributed by atoms with Crippen molar-refractivity contribution in [1.82, 2.24) is 4.90 Å². The number of benzene rings is 1. The maximum atomic E-state index is 11.9. The molecule has 0 bridgehead atoms. The van der Waals surface area contributed by atoms with E-state index in [0.29, 0.717) is 24.2 Å².